The topological polar surface area (TPSA) is 387 Å². The first-order valence-electron chi connectivity index (χ1n) is 35.4. The van der Waals surface area contributed by atoms with Gasteiger partial charge >= 0.3 is 24.0 Å². The van der Waals surface area contributed by atoms with Crippen molar-refractivity contribution in [1.82, 2.24) is 59.5 Å². The highest BCUT2D eigenvalue weighted by Crippen LogP contribution is 2.41. The van der Waals surface area contributed by atoms with Crippen LogP contribution in [0.1, 0.15) is 118 Å². The molecule has 121 heavy (non-hydrogen) atoms. The smallest absolute Gasteiger partial charge is 0.390 e. The fourth-order valence-corrected chi connectivity index (χ4v) is 12.2. The number of likely N-dealkylation sites (N-methyl/N-ethyl adjacent to an activating group) is 2. The summed E-state index contributed by atoms with van der Waals surface area (Å²) < 4.78 is 156. The predicted octanol–water partition coefficient (Wildman–Crippen LogP) is 16.0. The summed E-state index contributed by atoms with van der Waals surface area (Å²) in [6, 6.07) is 15.5. The van der Waals surface area contributed by atoms with E-state index in [1.807, 2.05) is 0 Å². The molecule has 0 aliphatic heterocycles. The molecular formula is C75H76Cl4F12N24O4S2. The standard InChI is InChI=1S/C20H20ClF3N6OS.C20H20ClF3N6O.C18H18ClF3N6O.C17H16ClF3N6O.H2S/c1-12(17(28-11-25)29-19-26-5-2-6-27-19)30(10-13-3-4-13)18(31)14-7-15(21)9-16(8-14)32-20(22,23)24;1-12(17(28-11-25)29-19-26-5-2-6-27-19)30(10-13-3-4-13)18(31)14-7-15(20(22,23)24)9-16(21)8-14;1-3-28(11(2)15(26-10-23)27-17-24-5-4-6-25-17)16(29)12-7-13(18(20,21)22)9-14(19)8-12;1-10(14(25-9-22)26-16-23-4-3-5-24-16)27(2)15(28)11-6-12(17(19,20)21)8-13(18)7-11;/h2,5-9,11-13H,3-4,10H2,1H3,(H2,25,26,27,28,29);2,5-9,11-13H,3-4,10H2,1H3,(H2,25,26,27,28,29);4-11H,3H2,1-2H3,(H2,23,24,25,26,27);3-10H,1-2H3,(H2,22,23,24,25,26);1H2/t;12-;;;/m.0.../s1. The Bertz CT molecular complexity index is 5080. The summed E-state index contributed by atoms with van der Waals surface area (Å²) in [5.41, 5.74) is 13.6. The molecule has 4 heterocycles. The third-order valence-electron chi connectivity index (χ3n) is 16.9. The summed E-state index contributed by atoms with van der Waals surface area (Å²) in [5, 5.41) is -0.541. The number of benzene rings is 4. The minimum atomic E-state index is -4.64. The zero-order chi connectivity index (χ0) is 88.4. The zero-order valence-electron chi connectivity index (χ0n) is 64.4. The van der Waals surface area contributed by atoms with Crippen molar-refractivity contribution in [1.29, 1.82) is 0 Å². The number of thioether (sulfide) groups is 1. The van der Waals surface area contributed by atoms with Gasteiger partial charge in [0.2, 0.25) is 0 Å². The van der Waals surface area contributed by atoms with Crippen molar-refractivity contribution in [3.8, 4) is 0 Å². The number of alkyl halides is 12. The molecule has 0 saturated heterocycles. The average Bonchev–Trinajstić information content (AvgIpc) is 1.68. The second-order valence-electron chi connectivity index (χ2n) is 25.6. The Morgan fingerprint density at radius 2 is 0.669 bits per heavy atom. The monoisotopic (exact) mass is 1810 g/mol. The van der Waals surface area contributed by atoms with E-state index >= 15 is 0 Å². The van der Waals surface area contributed by atoms with E-state index in [1.165, 1.54) is 107 Å². The maximum absolute atomic E-state index is 13.4. The molecule has 28 nitrogen and oxygen atoms in total. The number of carbonyl (C=O) groups is 4. The van der Waals surface area contributed by atoms with Gasteiger partial charge in [-0.3, -0.25) is 19.2 Å². The van der Waals surface area contributed by atoms with Crippen LogP contribution in [0.3, 0.4) is 0 Å². The van der Waals surface area contributed by atoms with Crippen molar-refractivity contribution in [2.45, 2.75) is 113 Å². The quantitative estimate of drug-likeness (QED) is 0.0212. The Morgan fingerprint density at radius 3 is 0.934 bits per heavy atom. The van der Waals surface area contributed by atoms with Gasteiger partial charge in [-0.25, -0.2) is 59.8 Å². The minimum Gasteiger partial charge on any atom is -0.390 e. The third-order valence-corrected chi connectivity index (χ3v) is 18.5. The van der Waals surface area contributed by atoms with Crippen LogP contribution in [0.15, 0.2) is 191 Å². The number of rotatable bonds is 22. The molecule has 2 aliphatic carbocycles. The van der Waals surface area contributed by atoms with E-state index in [0.29, 0.717) is 19.0 Å². The van der Waals surface area contributed by atoms with E-state index in [9.17, 15) is 71.9 Å². The molecule has 0 bridgehead atoms. The van der Waals surface area contributed by atoms with Crippen molar-refractivity contribution in [2.75, 3.05) is 26.7 Å². The lowest BCUT2D eigenvalue weighted by atomic mass is 10.1. The third kappa shape index (κ3) is 31.0. The van der Waals surface area contributed by atoms with Gasteiger partial charge < -0.3 is 42.5 Å². The van der Waals surface area contributed by atoms with Gasteiger partial charge in [-0.2, -0.15) is 86.2 Å². The van der Waals surface area contributed by atoms with Crippen LogP contribution in [0.2, 0.25) is 20.1 Å². The molecule has 0 spiro atoms. The Labute approximate surface area is 715 Å². The number of hydrogen-bond donors (Lipinski definition) is 4. The minimum absolute atomic E-state index is 0. The molecule has 10 rings (SSSR count). The summed E-state index contributed by atoms with van der Waals surface area (Å²) in [4.78, 5) is 122. The lowest BCUT2D eigenvalue weighted by Gasteiger charge is -2.29. The van der Waals surface area contributed by atoms with Gasteiger partial charge in [-0.1, -0.05) is 46.4 Å². The van der Waals surface area contributed by atoms with Crippen LogP contribution in [0.25, 0.3) is 0 Å². The summed E-state index contributed by atoms with van der Waals surface area (Å²) in [7, 11) is 1.40. The molecule has 0 radical (unpaired) electrons. The van der Waals surface area contributed by atoms with E-state index in [1.54, 1.807) is 58.9 Å². The van der Waals surface area contributed by atoms with E-state index in [2.05, 4.69) is 79.8 Å². The molecule has 8 aromatic rings. The normalized spacial score (nSPS) is 14.6. The molecule has 4 aromatic heterocycles. The number of aliphatic imine (C=N–C) groups is 8. The maximum atomic E-state index is 13.4. The molecule has 2 aliphatic rings. The van der Waals surface area contributed by atoms with E-state index < -0.39 is 88.5 Å². The van der Waals surface area contributed by atoms with E-state index in [0.717, 1.165) is 93.5 Å². The fraction of sp³-hybridized carbons (Fsp3) is 0.307. The van der Waals surface area contributed by atoms with Crippen molar-refractivity contribution in [3.63, 3.8) is 0 Å². The van der Waals surface area contributed by atoms with Gasteiger partial charge in [0.25, 0.3) is 47.4 Å². The van der Waals surface area contributed by atoms with Crippen LogP contribution in [-0.2, 0) is 18.5 Å². The molecule has 644 valence electrons. The van der Waals surface area contributed by atoms with Crippen molar-refractivity contribution < 1.29 is 71.9 Å². The second kappa shape index (κ2) is 45.3. The van der Waals surface area contributed by atoms with Crippen LogP contribution in [0.5, 0.6) is 0 Å². The first-order chi connectivity index (χ1) is 56.6. The lowest BCUT2D eigenvalue weighted by molar-refractivity contribution is -0.138. The van der Waals surface area contributed by atoms with Gasteiger partial charge in [0.05, 0.1) is 66.2 Å². The van der Waals surface area contributed by atoms with Gasteiger partial charge in [-0.15, -0.1) is 0 Å². The molecule has 4 aromatic carbocycles. The van der Waals surface area contributed by atoms with Gasteiger partial charge in [0.15, 0.2) is 23.3 Å². The fourth-order valence-electron chi connectivity index (χ4n) is 10.6. The molecule has 8 N–H and O–H groups in total. The highest BCUT2D eigenvalue weighted by molar-refractivity contribution is 8.00. The van der Waals surface area contributed by atoms with Crippen molar-refractivity contribution in [2.24, 2.45) is 74.7 Å². The van der Waals surface area contributed by atoms with Gasteiger partial charge in [0, 0.05) is 123 Å². The molecule has 2 fully saturated rings. The predicted molar refractivity (Wildman–Crippen MR) is 445 cm³/mol. The molecule has 4 amide bonds. The summed E-state index contributed by atoms with van der Waals surface area (Å²) in [6.07, 6.45) is 5.84. The van der Waals surface area contributed by atoms with Crippen molar-refractivity contribution >= 4 is 168 Å². The Morgan fingerprint density at radius 1 is 0.413 bits per heavy atom. The number of hydrogen-bond acceptors (Lipinski definition) is 17. The molecule has 3 unspecified atom stereocenters. The Kier molecular flexibility index (Phi) is 36.9. The Balaban J connectivity index is 0.000000250. The number of amides is 4. The summed E-state index contributed by atoms with van der Waals surface area (Å²) in [5.74, 6) is -0.883. The maximum Gasteiger partial charge on any atom is 0.446 e. The lowest BCUT2D eigenvalue weighted by Crippen LogP contribution is -2.44. The number of amidine groups is 4. The molecular weight excluding hydrogens is 1730 g/mol. The highest BCUT2D eigenvalue weighted by atomic mass is 35.5. The number of nitrogens with two attached hydrogens (primary N) is 4. The molecule has 4 atom stereocenters. The molecule has 46 heteroatoms. The number of aromatic nitrogens is 8. The number of nitrogens with zero attached hydrogens (tertiary/aromatic N) is 20. The van der Waals surface area contributed by atoms with Crippen LogP contribution < -0.4 is 22.9 Å². The average molecular weight is 1810 g/mol. The van der Waals surface area contributed by atoms with Crippen LogP contribution in [0, 0.1) is 11.8 Å². The van der Waals surface area contributed by atoms with Crippen LogP contribution in [-0.4, -0.2) is 188 Å². The summed E-state index contributed by atoms with van der Waals surface area (Å²) >= 11 is 23.1. The zero-order valence-corrected chi connectivity index (χ0v) is 69.3. The van der Waals surface area contributed by atoms with E-state index in [4.69, 9.17) is 69.3 Å². The van der Waals surface area contributed by atoms with Gasteiger partial charge in [-0.05, 0) is 181 Å². The number of carbonyl (C=O) groups excluding carboxylic acids is 4. The van der Waals surface area contributed by atoms with Crippen LogP contribution in [0.4, 0.5) is 76.5 Å². The van der Waals surface area contributed by atoms with E-state index in [-0.39, 0.29) is 132 Å². The second-order valence-corrected chi connectivity index (χ2v) is 28.5. The highest BCUT2D eigenvalue weighted by Gasteiger charge is 2.39. The first kappa shape index (κ1) is 98.5. The van der Waals surface area contributed by atoms with Crippen molar-refractivity contribution in [3.05, 3.63) is 206 Å². The first-order valence-corrected chi connectivity index (χ1v) is 37.8. The Hall–Kier alpha value is -11.3. The SMILES string of the molecule is CC(C(N=CN)=Nc1ncccn1)N(C)C(=O)c1cc(Cl)cc(C(F)(F)F)c1.CC(C(N=CN)=Nc1ncccn1)N(CC1CC1)C(=O)c1cc(Cl)cc(SC(F)(F)F)c1.CCN(C(=O)c1cc(Cl)cc(C(F)(F)F)c1)C(C)C(N=CN)=Nc1ncccn1.C[C@@H](C(N=CN)=Nc1ncccn1)N(CC1CC1)C(=O)c1cc(Cl)cc(C(F)(F)F)c1.S. The largest absolute Gasteiger partial charge is 0.446 e. The number of halogens is 16. The molecule has 2 saturated carbocycles. The van der Waals surface area contributed by atoms with Crippen LogP contribution >= 0.6 is 71.7 Å². The van der Waals surface area contributed by atoms with Gasteiger partial charge in [0.1, 0.15) is 0 Å². The summed E-state index contributed by atoms with van der Waals surface area (Å²) in [6.45, 7) is 9.16.